The molecule has 0 aliphatic heterocycles. The zero-order valence-corrected chi connectivity index (χ0v) is 13.9. The Morgan fingerprint density at radius 1 is 1.07 bits per heavy atom. The fourth-order valence-electron chi connectivity index (χ4n) is 0.732. The molecule has 5 nitrogen and oxygen atoms in total. The zero-order chi connectivity index (χ0) is 9.35. The number of hydrogen-bond acceptors (Lipinski definition) is 5. The molecule has 1 aromatic rings. The van der Waals surface area contributed by atoms with E-state index < -0.39 is 14.2 Å². The van der Waals surface area contributed by atoms with Crippen molar-refractivity contribution in [3.8, 4) is 0 Å². The summed E-state index contributed by atoms with van der Waals surface area (Å²) >= 11 is -5.30. The van der Waals surface area contributed by atoms with Gasteiger partial charge in [-0.15, -0.1) is 0 Å². The molecule has 4 N–H and O–H groups in total. The number of nitrogens with two attached hydrogens (primary N) is 2. The molecule has 0 saturated heterocycles. The molecule has 1 rings (SSSR count). The van der Waals surface area contributed by atoms with Crippen molar-refractivity contribution in [3.63, 3.8) is 0 Å². The number of benzene rings is 1. The molecular weight excluding hydrogens is 269 g/mol. The van der Waals surface area contributed by atoms with E-state index in [4.69, 9.17) is 11.5 Å². The van der Waals surface area contributed by atoms with Gasteiger partial charge in [-0.1, -0.05) is 0 Å². The fraction of sp³-hybridized carbons (Fsp3) is 0. The number of anilines is 2. The van der Waals surface area contributed by atoms with Gasteiger partial charge in [0.05, 0.1) is 0 Å². The minimum atomic E-state index is -5.30. The molecule has 0 heterocycles. The van der Waals surface area contributed by atoms with Crippen LogP contribution in [0.2, 0.25) is 0 Å². The van der Waals surface area contributed by atoms with Crippen molar-refractivity contribution in [3.05, 3.63) is 18.2 Å². The Morgan fingerprint density at radius 2 is 1.57 bits per heavy atom. The quantitative estimate of drug-likeness (QED) is 0.390. The van der Waals surface area contributed by atoms with E-state index in [2.05, 4.69) is 0 Å². The van der Waals surface area contributed by atoms with Crippen molar-refractivity contribution in [1.29, 1.82) is 0 Å². The molecule has 0 aliphatic rings. The number of rotatable bonds is 1. The van der Waals surface area contributed by atoms with E-state index >= 15 is 0 Å². The van der Waals surface area contributed by atoms with Crippen molar-refractivity contribution >= 4 is 29.9 Å². The van der Waals surface area contributed by atoms with E-state index in [1.807, 2.05) is 0 Å². The van der Waals surface area contributed by atoms with E-state index in [1.54, 1.807) is 0 Å². The van der Waals surface area contributed by atoms with Crippen LogP contribution in [0.1, 0.15) is 0 Å². The first-order valence-electron chi connectivity index (χ1n) is 3.09. The monoisotopic (exact) mass is 276 g/mol. The molecule has 0 aliphatic carbocycles. The van der Waals surface area contributed by atoms with Crippen LogP contribution in [0.5, 0.6) is 0 Å². The maximum absolute atomic E-state index is 10.5. The van der Waals surface area contributed by atoms with Gasteiger partial charge >= 0.3 is 131 Å². The average molecular weight is 276 g/mol. The molecule has 0 unspecified atom stereocenters. The summed E-state index contributed by atoms with van der Waals surface area (Å²) in [6, 6.07) is 3.54. The Hall–Kier alpha value is 1.10. The smallest absolute Gasteiger partial charge is 1.00 e. The predicted octanol–water partition coefficient (Wildman–Crippen LogP) is -8.84. The van der Waals surface area contributed by atoms with E-state index in [0.717, 1.165) is 12.1 Å². The maximum atomic E-state index is 10.5. The summed E-state index contributed by atoms with van der Waals surface area (Å²) in [6.45, 7) is 0. The van der Waals surface area contributed by atoms with Crippen molar-refractivity contribution in [2.45, 2.75) is 0 Å². The van der Waals surface area contributed by atoms with Gasteiger partial charge in [-0.2, -0.15) is 0 Å². The van der Waals surface area contributed by atoms with Gasteiger partial charge in [0.15, 0.2) is 0 Å². The van der Waals surface area contributed by atoms with Crippen molar-refractivity contribution in [2.75, 3.05) is 11.5 Å². The summed E-state index contributed by atoms with van der Waals surface area (Å²) in [5.41, 5.74) is 11.0. The number of hydrogen-bond donors (Lipinski definition) is 2. The van der Waals surface area contributed by atoms with Crippen LogP contribution in [0.4, 0.5) is 11.4 Å². The molecule has 0 spiro atoms. The molecule has 0 radical (unpaired) electrons. The molecule has 0 amide bonds. The summed E-state index contributed by atoms with van der Waals surface area (Å²) in [4.78, 5) is 0. The normalized spacial score (nSPS) is 9.86. The second-order valence-corrected chi connectivity index (χ2v) is 5.48. The molecular formula is C6H7AsN2Na2O3. The molecule has 0 atom stereocenters. The van der Waals surface area contributed by atoms with E-state index in [9.17, 15) is 11.9 Å². The van der Waals surface area contributed by atoms with Crippen LogP contribution in [-0.4, -0.2) is 14.2 Å². The van der Waals surface area contributed by atoms with Gasteiger partial charge in [-0.25, -0.2) is 0 Å². The third-order valence-corrected chi connectivity index (χ3v) is 3.30. The Morgan fingerprint density at radius 3 is 1.93 bits per heavy atom. The summed E-state index contributed by atoms with van der Waals surface area (Å²) in [5.74, 6) is 0. The summed E-state index contributed by atoms with van der Waals surface area (Å²) < 4.78 is 31.3. The van der Waals surface area contributed by atoms with Gasteiger partial charge in [-0.05, 0) is 0 Å². The van der Waals surface area contributed by atoms with Crippen LogP contribution in [0.25, 0.3) is 0 Å². The predicted molar refractivity (Wildman–Crippen MR) is 41.3 cm³/mol. The second-order valence-electron chi connectivity index (χ2n) is 2.31. The molecule has 66 valence electrons. The molecule has 8 heteroatoms. The Kier molecular flexibility index (Phi) is 8.29. The third kappa shape index (κ3) is 4.75. The summed E-state index contributed by atoms with van der Waals surface area (Å²) in [6.07, 6.45) is 0. The average Bonchev–Trinajstić information content (AvgIpc) is 1.92. The van der Waals surface area contributed by atoms with Gasteiger partial charge in [0.1, 0.15) is 0 Å². The summed E-state index contributed by atoms with van der Waals surface area (Å²) in [7, 11) is 0. The van der Waals surface area contributed by atoms with E-state index in [0.29, 0.717) is 0 Å². The van der Waals surface area contributed by atoms with E-state index in [1.165, 1.54) is 6.07 Å². The maximum Gasteiger partial charge on any atom is 1.00 e. The van der Waals surface area contributed by atoms with Gasteiger partial charge in [0.25, 0.3) is 0 Å². The second kappa shape index (κ2) is 6.63. The van der Waals surface area contributed by atoms with Crippen LogP contribution in [0, 0.1) is 0 Å². The molecule has 0 bridgehead atoms. The van der Waals surface area contributed by atoms with Crippen LogP contribution in [0.15, 0.2) is 18.2 Å². The fourth-order valence-corrected chi connectivity index (χ4v) is 1.90. The Bertz CT molecular complexity index is 355. The largest absolute Gasteiger partial charge is 1.00 e. The Labute approximate surface area is 129 Å². The molecule has 14 heavy (non-hydrogen) atoms. The molecule has 0 saturated carbocycles. The van der Waals surface area contributed by atoms with Gasteiger partial charge in [0.2, 0.25) is 0 Å². The van der Waals surface area contributed by atoms with Gasteiger partial charge < -0.3 is 0 Å². The molecule has 1 aromatic carbocycles. The standard InChI is InChI=1S/C6H9AsN2O3.2Na/c8-5-2-1-4(3-6(5)9)7(10,11)12;;/h1-3H,8-9H2,(H2,10,11,12);;/q;2*+1/p-2. The number of nitrogen functional groups attached to an aromatic ring is 2. The zero-order valence-electron chi connectivity index (χ0n) is 8.06. The van der Waals surface area contributed by atoms with Crippen LogP contribution >= 0.6 is 0 Å². The van der Waals surface area contributed by atoms with Crippen LogP contribution in [0.3, 0.4) is 0 Å². The first-order valence-corrected chi connectivity index (χ1v) is 6.32. The van der Waals surface area contributed by atoms with Crippen LogP contribution < -0.4 is 83.1 Å². The minimum absolute atomic E-state index is 0. The van der Waals surface area contributed by atoms with Crippen LogP contribution in [-0.2, 0) is 3.74 Å². The van der Waals surface area contributed by atoms with E-state index in [-0.39, 0.29) is 74.8 Å². The minimum Gasteiger partial charge on any atom is 1.00 e. The molecule has 0 fully saturated rings. The topological polar surface area (TPSA) is 115 Å². The van der Waals surface area contributed by atoms with Crippen molar-refractivity contribution in [1.82, 2.24) is 0 Å². The van der Waals surface area contributed by atoms with Crippen molar-refractivity contribution < 1.29 is 71.0 Å². The van der Waals surface area contributed by atoms with Gasteiger partial charge in [0, 0.05) is 0 Å². The first kappa shape index (κ1) is 17.5. The van der Waals surface area contributed by atoms with Crippen molar-refractivity contribution in [2.24, 2.45) is 0 Å². The first-order chi connectivity index (χ1) is 5.41. The SMILES string of the molecule is Nc1ccc([As](=O)([O-])[O-])cc1N.[Na+].[Na+]. The van der Waals surface area contributed by atoms with Gasteiger partial charge in [-0.3, -0.25) is 0 Å². The Balaban J connectivity index is 0. The summed E-state index contributed by atoms with van der Waals surface area (Å²) in [5, 5.41) is 0. The third-order valence-electron chi connectivity index (χ3n) is 1.39. The molecule has 0 aromatic heterocycles.